The van der Waals surface area contributed by atoms with Crippen LogP contribution in [0, 0.1) is 10.1 Å². The third-order valence-electron chi connectivity index (χ3n) is 5.03. The van der Waals surface area contributed by atoms with Gasteiger partial charge in [-0.05, 0) is 44.0 Å². The number of carbonyl (C=O) groups excluding carboxylic acids is 1. The molecule has 30 heavy (non-hydrogen) atoms. The molecule has 10 heteroatoms. The van der Waals surface area contributed by atoms with Crippen molar-refractivity contribution in [3.63, 3.8) is 0 Å². The van der Waals surface area contributed by atoms with E-state index in [1.807, 2.05) is 30.3 Å². The second-order valence-corrected chi connectivity index (χ2v) is 8.92. The van der Waals surface area contributed by atoms with E-state index in [4.69, 9.17) is 0 Å². The van der Waals surface area contributed by atoms with E-state index in [0.717, 1.165) is 37.1 Å². The molecule has 1 heterocycles. The highest BCUT2D eigenvalue weighted by Crippen LogP contribution is 2.21. The van der Waals surface area contributed by atoms with Gasteiger partial charge in [-0.2, -0.15) is 0 Å². The van der Waals surface area contributed by atoms with Crippen molar-refractivity contribution in [1.29, 1.82) is 0 Å². The van der Waals surface area contributed by atoms with E-state index in [2.05, 4.69) is 15.4 Å². The van der Waals surface area contributed by atoms with Gasteiger partial charge in [-0.3, -0.25) is 14.9 Å². The van der Waals surface area contributed by atoms with Crippen LogP contribution in [0.25, 0.3) is 0 Å². The highest BCUT2D eigenvalue weighted by Gasteiger charge is 2.30. The second-order valence-electron chi connectivity index (χ2n) is 7.21. The molecule has 160 valence electrons. The minimum Gasteiger partial charge on any atom is -0.346 e. The zero-order valence-electron chi connectivity index (χ0n) is 16.4. The number of hydrogen-bond acceptors (Lipinski definition) is 6. The zero-order valence-corrected chi connectivity index (χ0v) is 17.3. The van der Waals surface area contributed by atoms with Crippen LogP contribution in [0.2, 0.25) is 0 Å². The van der Waals surface area contributed by atoms with E-state index >= 15 is 0 Å². The molecular formula is C20H24N4O5S. The predicted octanol–water partition coefficient (Wildman–Crippen LogP) is 1.87. The van der Waals surface area contributed by atoms with Crippen molar-refractivity contribution >= 4 is 21.6 Å². The minimum absolute atomic E-state index is 0.0875. The Morgan fingerprint density at radius 1 is 1.17 bits per heavy atom. The first kappa shape index (κ1) is 21.9. The number of nitrogens with one attached hydrogen (secondary N) is 3. The Morgan fingerprint density at radius 2 is 1.83 bits per heavy atom. The zero-order chi connectivity index (χ0) is 21.7. The number of rotatable bonds is 8. The summed E-state index contributed by atoms with van der Waals surface area (Å²) in [6, 6.07) is 12.2. The van der Waals surface area contributed by atoms with Crippen LogP contribution in [0.1, 0.15) is 31.4 Å². The van der Waals surface area contributed by atoms with Crippen LogP contribution in [-0.4, -0.2) is 37.9 Å². The van der Waals surface area contributed by atoms with Gasteiger partial charge >= 0.3 is 0 Å². The van der Waals surface area contributed by atoms with Crippen LogP contribution in [0.15, 0.2) is 59.5 Å². The number of nitro groups is 1. The molecule has 0 spiro atoms. The molecule has 3 rings (SSSR count). The van der Waals surface area contributed by atoms with Crippen molar-refractivity contribution in [2.75, 3.05) is 6.54 Å². The lowest BCUT2D eigenvalue weighted by Gasteiger charge is -2.27. The Labute approximate surface area is 175 Å². The molecule has 0 bridgehead atoms. The Balaban J connectivity index is 1.80. The molecule has 0 radical (unpaired) electrons. The van der Waals surface area contributed by atoms with Crippen LogP contribution in [0.5, 0.6) is 0 Å². The summed E-state index contributed by atoms with van der Waals surface area (Å²) < 4.78 is 28.2. The van der Waals surface area contributed by atoms with Gasteiger partial charge in [-0.25, -0.2) is 13.1 Å². The normalized spacial score (nSPS) is 18.5. The smallest absolute Gasteiger partial charge is 0.269 e. The fourth-order valence-electron chi connectivity index (χ4n) is 3.45. The summed E-state index contributed by atoms with van der Waals surface area (Å²) in [7, 11) is -3.95. The summed E-state index contributed by atoms with van der Waals surface area (Å²) in [5, 5.41) is 16.9. The number of nitro benzene ring substituents is 1. The molecule has 0 saturated carbocycles. The lowest BCUT2D eigenvalue weighted by molar-refractivity contribution is -0.384. The number of non-ortho nitro benzene ring substituents is 1. The van der Waals surface area contributed by atoms with E-state index in [1.165, 1.54) is 12.1 Å². The number of amides is 1. The van der Waals surface area contributed by atoms with Gasteiger partial charge in [0.2, 0.25) is 15.9 Å². The minimum atomic E-state index is -3.95. The summed E-state index contributed by atoms with van der Waals surface area (Å²) in [5.41, 5.74) is 0.572. The predicted molar refractivity (Wildman–Crippen MR) is 111 cm³/mol. The monoisotopic (exact) mass is 432 g/mol. The van der Waals surface area contributed by atoms with Gasteiger partial charge in [0.15, 0.2) is 0 Å². The first-order valence-electron chi connectivity index (χ1n) is 9.63. The summed E-state index contributed by atoms with van der Waals surface area (Å²) in [5.74, 6) is -0.178. The van der Waals surface area contributed by atoms with E-state index in [0.29, 0.717) is 0 Å². The number of sulfonamides is 1. The van der Waals surface area contributed by atoms with Gasteiger partial charge in [0.1, 0.15) is 0 Å². The number of nitrogens with zero attached hydrogens (tertiary/aromatic N) is 1. The Morgan fingerprint density at radius 3 is 2.40 bits per heavy atom. The maximum Gasteiger partial charge on any atom is 0.269 e. The van der Waals surface area contributed by atoms with E-state index < -0.39 is 27.0 Å². The lowest BCUT2D eigenvalue weighted by atomic mass is 10.0. The average molecular weight is 433 g/mol. The fraction of sp³-hybridized carbons (Fsp3) is 0.350. The van der Waals surface area contributed by atoms with Crippen LogP contribution in [-0.2, 0) is 14.8 Å². The number of carbonyl (C=O) groups is 1. The van der Waals surface area contributed by atoms with Crippen LogP contribution in [0.4, 0.5) is 5.69 Å². The molecule has 0 aromatic heterocycles. The molecule has 1 fully saturated rings. The van der Waals surface area contributed by atoms with E-state index in [1.54, 1.807) is 6.92 Å². The highest BCUT2D eigenvalue weighted by molar-refractivity contribution is 7.89. The Bertz CT molecular complexity index is 990. The molecule has 0 aliphatic carbocycles. The van der Waals surface area contributed by atoms with Crippen molar-refractivity contribution in [1.82, 2.24) is 15.4 Å². The van der Waals surface area contributed by atoms with Crippen LogP contribution >= 0.6 is 0 Å². The van der Waals surface area contributed by atoms with Gasteiger partial charge in [0.25, 0.3) is 5.69 Å². The number of benzene rings is 2. The van der Waals surface area contributed by atoms with Crippen molar-refractivity contribution in [2.24, 2.45) is 0 Å². The second kappa shape index (κ2) is 9.33. The molecule has 2 aromatic carbocycles. The summed E-state index contributed by atoms with van der Waals surface area (Å²) in [6.45, 7) is 2.44. The third-order valence-corrected chi connectivity index (χ3v) is 6.61. The summed E-state index contributed by atoms with van der Waals surface area (Å²) in [6.07, 6.45) is 1.65. The van der Waals surface area contributed by atoms with Gasteiger partial charge in [-0.1, -0.05) is 30.3 Å². The lowest BCUT2D eigenvalue weighted by Crippen LogP contribution is -2.48. The van der Waals surface area contributed by atoms with Crippen LogP contribution < -0.4 is 15.4 Å². The maximum atomic E-state index is 12.8. The first-order chi connectivity index (χ1) is 14.3. The topological polar surface area (TPSA) is 130 Å². The molecule has 1 amide bonds. The van der Waals surface area contributed by atoms with E-state index in [9.17, 15) is 23.3 Å². The maximum absolute atomic E-state index is 12.8. The number of hydrogen-bond donors (Lipinski definition) is 3. The Hall–Kier alpha value is -2.82. The third kappa shape index (κ3) is 5.21. The molecule has 1 saturated heterocycles. The van der Waals surface area contributed by atoms with E-state index in [-0.39, 0.29) is 22.5 Å². The van der Waals surface area contributed by atoms with Crippen molar-refractivity contribution in [2.45, 2.75) is 42.8 Å². The molecule has 2 aromatic rings. The molecule has 3 atom stereocenters. The van der Waals surface area contributed by atoms with Crippen LogP contribution in [0.3, 0.4) is 0 Å². The summed E-state index contributed by atoms with van der Waals surface area (Å²) in [4.78, 5) is 22.8. The molecule has 0 unspecified atom stereocenters. The first-order valence-corrected chi connectivity index (χ1v) is 11.1. The van der Waals surface area contributed by atoms with Gasteiger partial charge in [0.05, 0.1) is 21.9 Å². The van der Waals surface area contributed by atoms with Gasteiger partial charge in [0, 0.05) is 18.2 Å². The SMILES string of the molecule is C[C@@H](NS(=O)(=O)c1ccc([N+](=O)[O-])cc1)[C@@H](NC(=O)[C@@H]1CCCN1)c1ccccc1. The molecular weight excluding hydrogens is 408 g/mol. The van der Waals surface area contributed by atoms with Gasteiger partial charge in [-0.15, -0.1) is 0 Å². The molecule has 3 N–H and O–H groups in total. The van der Waals surface area contributed by atoms with Crippen molar-refractivity contribution < 1.29 is 18.1 Å². The van der Waals surface area contributed by atoms with Crippen molar-refractivity contribution in [3.8, 4) is 0 Å². The summed E-state index contributed by atoms with van der Waals surface area (Å²) >= 11 is 0. The molecule has 9 nitrogen and oxygen atoms in total. The van der Waals surface area contributed by atoms with Gasteiger partial charge < -0.3 is 10.6 Å². The fourth-order valence-corrected chi connectivity index (χ4v) is 4.70. The Kier molecular flexibility index (Phi) is 6.80. The highest BCUT2D eigenvalue weighted by atomic mass is 32.2. The standard InChI is InChI=1S/C20H24N4O5S/c1-14(23-30(28,29)17-11-9-16(10-12-17)24(26)27)19(15-6-3-2-4-7-15)22-20(25)18-8-5-13-21-18/h2-4,6-7,9-12,14,18-19,21,23H,5,8,13H2,1H3,(H,22,25)/t14-,18+,19-/m1/s1. The largest absolute Gasteiger partial charge is 0.346 e. The molecule has 1 aliphatic rings. The van der Waals surface area contributed by atoms with Crippen molar-refractivity contribution in [3.05, 3.63) is 70.3 Å². The average Bonchev–Trinajstić information content (AvgIpc) is 3.27. The molecule has 1 aliphatic heterocycles. The quantitative estimate of drug-likeness (QED) is 0.431.